The van der Waals surface area contributed by atoms with Gasteiger partial charge in [-0.15, -0.1) is 4.40 Å². The van der Waals surface area contributed by atoms with Crippen molar-refractivity contribution in [2.45, 2.75) is 44.0 Å². The molecule has 1 unspecified atom stereocenters. The van der Waals surface area contributed by atoms with Crippen LogP contribution in [0, 0.1) is 5.82 Å². The topological polar surface area (TPSA) is 71.0 Å². The average molecular weight is 460 g/mol. The first-order valence-corrected chi connectivity index (χ1v) is 12.5. The van der Waals surface area contributed by atoms with Crippen LogP contribution in [-0.4, -0.2) is 46.1 Å². The van der Waals surface area contributed by atoms with Gasteiger partial charge in [0.2, 0.25) is 5.90 Å². The highest BCUT2D eigenvalue weighted by molar-refractivity contribution is 7.90. The third kappa shape index (κ3) is 4.66. The first-order chi connectivity index (χ1) is 15.2. The molecule has 0 amide bonds. The number of halogens is 1. The lowest BCUT2D eigenvalue weighted by molar-refractivity contribution is 0.0803. The molecular formula is C24H30FN3O3S. The van der Waals surface area contributed by atoms with Crippen LogP contribution >= 0.6 is 0 Å². The number of ether oxygens (including phenoxy) is 1. The van der Waals surface area contributed by atoms with Crippen molar-refractivity contribution in [1.29, 1.82) is 0 Å². The van der Waals surface area contributed by atoms with Crippen molar-refractivity contribution in [2.24, 2.45) is 4.40 Å². The number of nitrogens with zero attached hydrogens (tertiary/aromatic N) is 2. The van der Waals surface area contributed by atoms with Gasteiger partial charge in [-0.2, -0.15) is 0 Å². The molecule has 1 N–H and O–H groups in total. The van der Waals surface area contributed by atoms with E-state index in [2.05, 4.69) is 14.6 Å². The molecule has 2 atom stereocenters. The summed E-state index contributed by atoms with van der Waals surface area (Å²) in [6.45, 7) is 9.08. The van der Waals surface area contributed by atoms with Crippen molar-refractivity contribution in [3.63, 3.8) is 0 Å². The second-order valence-corrected chi connectivity index (χ2v) is 10.7. The Bertz CT molecular complexity index is 1090. The van der Waals surface area contributed by atoms with Crippen molar-refractivity contribution in [2.75, 3.05) is 31.1 Å². The van der Waals surface area contributed by atoms with Gasteiger partial charge in [-0.1, -0.05) is 37.3 Å². The van der Waals surface area contributed by atoms with Gasteiger partial charge in [0.1, 0.15) is 16.7 Å². The summed E-state index contributed by atoms with van der Waals surface area (Å²) < 4.78 is 50.7. The zero-order chi connectivity index (χ0) is 22.9. The summed E-state index contributed by atoms with van der Waals surface area (Å²) in [7, 11) is -3.86. The summed E-state index contributed by atoms with van der Waals surface area (Å²) in [5.41, 5.74) is 1.23. The van der Waals surface area contributed by atoms with E-state index in [9.17, 15) is 12.8 Å². The molecule has 0 spiro atoms. The van der Waals surface area contributed by atoms with E-state index in [0.29, 0.717) is 11.1 Å². The fourth-order valence-corrected chi connectivity index (χ4v) is 6.38. The van der Waals surface area contributed by atoms with Crippen molar-refractivity contribution < 1.29 is 17.5 Å². The molecule has 2 aromatic carbocycles. The molecule has 4 rings (SSSR count). The number of sulfonamides is 1. The van der Waals surface area contributed by atoms with Crippen LogP contribution in [0.1, 0.15) is 49.5 Å². The minimum Gasteiger partial charge on any atom is -0.472 e. The van der Waals surface area contributed by atoms with Gasteiger partial charge < -0.3 is 15.0 Å². The molecule has 32 heavy (non-hydrogen) atoms. The summed E-state index contributed by atoms with van der Waals surface area (Å²) in [4.78, 5) is 2.28. The zero-order valence-electron chi connectivity index (χ0n) is 18.7. The SMILES string of the molecule is C[C@H](CC1=NS(=O)(=O)C(c2ccc(N3CCNCC3)cc2)C(C)(C)O1)c1ccccc1F. The smallest absolute Gasteiger partial charge is 0.267 e. The fourth-order valence-electron chi connectivity index (χ4n) is 4.61. The number of benzene rings is 2. The van der Waals surface area contributed by atoms with Gasteiger partial charge in [0, 0.05) is 38.3 Å². The predicted molar refractivity (Wildman–Crippen MR) is 125 cm³/mol. The monoisotopic (exact) mass is 459 g/mol. The Hall–Kier alpha value is -2.45. The van der Waals surface area contributed by atoms with Crippen LogP contribution in [0.2, 0.25) is 0 Å². The van der Waals surface area contributed by atoms with Crippen LogP contribution in [0.15, 0.2) is 52.9 Å². The van der Waals surface area contributed by atoms with Crippen LogP contribution < -0.4 is 10.2 Å². The fraction of sp³-hybridized carbons (Fsp3) is 0.458. The van der Waals surface area contributed by atoms with E-state index < -0.39 is 20.9 Å². The lowest BCUT2D eigenvalue weighted by atomic mass is 9.95. The number of nitrogens with one attached hydrogen (secondary N) is 1. The van der Waals surface area contributed by atoms with Gasteiger partial charge in [-0.05, 0) is 49.1 Å². The van der Waals surface area contributed by atoms with Crippen LogP contribution in [0.4, 0.5) is 10.1 Å². The van der Waals surface area contributed by atoms with E-state index >= 15 is 0 Å². The molecule has 2 aliphatic heterocycles. The second kappa shape index (κ2) is 8.83. The number of rotatable bonds is 5. The lowest BCUT2D eigenvalue weighted by Crippen LogP contribution is -2.44. The highest BCUT2D eigenvalue weighted by Crippen LogP contribution is 2.42. The minimum atomic E-state index is -3.86. The first kappa shape index (κ1) is 22.7. The molecular weight excluding hydrogens is 429 g/mol. The van der Waals surface area contributed by atoms with Gasteiger partial charge in [0.15, 0.2) is 0 Å². The van der Waals surface area contributed by atoms with Crippen molar-refractivity contribution in [3.8, 4) is 0 Å². The van der Waals surface area contributed by atoms with E-state index in [1.807, 2.05) is 31.2 Å². The number of piperazine rings is 1. The Kier molecular flexibility index (Phi) is 6.27. The van der Waals surface area contributed by atoms with Gasteiger partial charge in [-0.25, -0.2) is 12.8 Å². The van der Waals surface area contributed by atoms with E-state index in [1.54, 1.807) is 32.0 Å². The molecule has 0 aromatic heterocycles. The largest absolute Gasteiger partial charge is 0.472 e. The molecule has 0 bridgehead atoms. The highest BCUT2D eigenvalue weighted by atomic mass is 32.2. The van der Waals surface area contributed by atoms with E-state index in [4.69, 9.17) is 4.74 Å². The zero-order valence-corrected chi connectivity index (χ0v) is 19.5. The van der Waals surface area contributed by atoms with Gasteiger partial charge in [0.05, 0.1) is 0 Å². The molecule has 6 nitrogen and oxygen atoms in total. The molecule has 8 heteroatoms. The van der Waals surface area contributed by atoms with Crippen LogP contribution in [0.3, 0.4) is 0 Å². The predicted octanol–water partition coefficient (Wildman–Crippen LogP) is 4.01. The molecule has 1 saturated heterocycles. The molecule has 2 aromatic rings. The third-order valence-corrected chi connectivity index (χ3v) is 8.03. The molecule has 1 fully saturated rings. The summed E-state index contributed by atoms with van der Waals surface area (Å²) in [5.74, 6) is -0.462. The maximum Gasteiger partial charge on any atom is 0.267 e. The normalized spacial score (nSPS) is 23.2. The maximum atomic E-state index is 14.1. The summed E-state index contributed by atoms with van der Waals surface area (Å²) in [5, 5.41) is 2.41. The minimum absolute atomic E-state index is 0.124. The molecule has 2 heterocycles. The Labute approximate surface area is 189 Å². The van der Waals surface area contributed by atoms with Crippen LogP contribution in [0.5, 0.6) is 0 Å². The standard InChI is InChI=1S/C24H30FN3O3S/c1-17(20-6-4-5-7-21(20)25)16-22-27-32(29,30)23(24(2,3)31-22)18-8-10-19(11-9-18)28-14-12-26-13-15-28/h4-11,17,23,26H,12-16H2,1-3H3/t17-,23?/m1/s1. The van der Waals surface area contributed by atoms with Crippen LogP contribution in [-0.2, 0) is 14.8 Å². The number of anilines is 1. The van der Waals surface area contributed by atoms with E-state index in [1.165, 1.54) is 6.07 Å². The molecule has 172 valence electrons. The van der Waals surface area contributed by atoms with E-state index in [0.717, 1.165) is 31.9 Å². The second-order valence-electron chi connectivity index (χ2n) is 9.04. The lowest BCUT2D eigenvalue weighted by Gasteiger charge is -2.38. The van der Waals surface area contributed by atoms with Gasteiger partial charge >= 0.3 is 0 Å². The number of hydrogen-bond acceptors (Lipinski definition) is 5. The third-order valence-electron chi connectivity index (χ3n) is 6.13. The highest BCUT2D eigenvalue weighted by Gasteiger charge is 2.47. The summed E-state index contributed by atoms with van der Waals surface area (Å²) >= 11 is 0. The quantitative estimate of drug-likeness (QED) is 0.732. The average Bonchev–Trinajstić information content (AvgIpc) is 2.73. The van der Waals surface area contributed by atoms with Crippen LogP contribution in [0.25, 0.3) is 0 Å². The molecule has 0 saturated carbocycles. The summed E-state index contributed by atoms with van der Waals surface area (Å²) in [6, 6.07) is 14.1. The Morgan fingerprint density at radius 3 is 2.44 bits per heavy atom. The molecule has 0 radical (unpaired) electrons. The van der Waals surface area contributed by atoms with Gasteiger partial charge in [-0.3, -0.25) is 0 Å². The van der Waals surface area contributed by atoms with Gasteiger partial charge in [0.25, 0.3) is 10.0 Å². The summed E-state index contributed by atoms with van der Waals surface area (Å²) in [6.07, 6.45) is 0.207. The number of hydrogen-bond donors (Lipinski definition) is 1. The Morgan fingerprint density at radius 2 is 1.81 bits per heavy atom. The maximum absolute atomic E-state index is 14.1. The first-order valence-electron chi connectivity index (χ1n) is 11.0. The van der Waals surface area contributed by atoms with E-state index in [-0.39, 0.29) is 24.1 Å². The Morgan fingerprint density at radius 1 is 1.16 bits per heavy atom. The Balaban J connectivity index is 1.57. The molecule has 2 aliphatic rings. The van der Waals surface area contributed by atoms with Crippen molar-refractivity contribution in [1.82, 2.24) is 5.32 Å². The molecule has 0 aliphatic carbocycles. The van der Waals surface area contributed by atoms with Crippen molar-refractivity contribution >= 4 is 21.6 Å². The van der Waals surface area contributed by atoms with Crippen molar-refractivity contribution in [3.05, 3.63) is 65.5 Å².